The van der Waals surface area contributed by atoms with Crippen LogP contribution in [0, 0.1) is 0 Å². The second-order valence-corrected chi connectivity index (χ2v) is 0.519. The summed E-state index contributed by atoms with van der Waals surface area (Å²) in [4.78, 5) is 9.00. The molecular weight excluding hydrogens is 161 g/mol. The molecule has 0 saturated carbocycles. The maximum absolute atomic E-state index is 9.00. The van der Waals surface area contributed by atoms with E-state index >= 15 is 0 Å². The molecule has 0 bridgehead atoms. The summed E-state index contributed by atoms with van der Waals surface area (Å²) in [5.41, 5.74) is 0. The Hall–Kier alpha value is 1.35. The van der Waals surface area contributed by atoms with Crippen LogP contribution < -0.4 is 0 Å². The minimum atomic E-state index is -0.833. The summed E-state index contributed by atoms with van der Waals surface area (Å²) in [7, 11) is 0. The van der Waals surface area contributed by atoms with Gasteiger partial charge in [-0.15, -0.1) is 0 Å². The van der Waals surface area contributed by atoms with Gasteiger partial charge in [-0.3, -0.25) is 4.79 Å². The first kappa shape index (κ1) is 15.7. The largest absolute Gasteiger partial charge is 2.00 e. The molecule has 4 heteroatoms. The fraction of sp³-hybridized carbons (Fsp3) is 0.500. The van der Waals surface area contributed by atoms with Crippen molar-refractivity contribution >= 4 is 43.7 Å². The molecule has 0 unspecified atom stereocenters. The quantitative estimate of drug-likeness (QED) is 0.513. The minimum Gasteiger partial charge on any atom is -1.00 e. The molecule has 0 spiro atoms. The molecule has 6 heavy (non-hydrogen) atoms. The van der Waals surface area contributed by atoms with Crippen molar-refractivity contribution in [2.45, 2.75) is 6.92 Å². The van der Waals surface area contributed by atoms with Gasteiger partial charge < -0.3 is 7.96 Å². The molecule has 0 amide bonds. The Bertz CT molecular complexity index is 41.0. The topological polar surface area (TPSA) is 37.3 Å². The number of rotatable bonds is 0. The minimum absolute atomic E-state index is 0. The molecule has 2 nitrogen and oxygen atoms in total. The molecule has 0 radical (unpaired) electrons. The molecule has 0 aliphatic heterocycles. The van der Waals surface area contributed by atoms with Gasteiger partial charge in [0.15, 0.2) is 0 Å². The van der Waals surface area contributed by atoms with Crippen molar-refractivity contribution in [3.05, 3.63) is 0 Å². The molecule has 0 aromatic heterocycles. The number of carbonyl (C=O) groups is 1. The number of aliphatic carboxylic acids is 1. The van der Waals surface area contributed by atoms with E-state index in [0.29, 0.717) is 0 Å². The Morgan fingerprint density at radius 1 is 1.83 bits per heavy atom. The zero-order valence-electron chi connectivity index (χ0n) is 5.77. The molecule has 0 aromatic rings. The summed E-state index contributed by atoms with van der Waals surface area (Å²) in [5.74, 6) is -0.833. The molecule has 0 heterocycles. The Balaban J connectivity index is -0.00000000750. The molecule has 0 atom stereocenters. The molecule has 0 aliphatic carbocycles. The van der Waals surface area contributed by atoms with Gasteiger partial charge in [-0.2, -0.15) is 0 Å². The van der Waals surface area contributed by atoms with Gasteiger partial charge in [0.05, 0.1) is 0 Å². The summed E-state index contributed by atoms with van der Waals surface area (Å²) in [6, 6.07) is 0. The van der Waals surface area contributed by atoms with E-state index in [1.807, 2.05) is 0 Å². The van der Waals surface area contributed by atoms with Gasteiger partial charge in [-0.1, -0.05) is 0 Å². The first-order valence-electron chi connectivity index (χ1n) is 0.928. The average molecular weight is 168 g/mol. The number of hydrogen-bond donors (Lipinski definition) is 1. The molecule has 30 valence electrons. The molecule has 0 rings (SSSR count). The van der Waals surface area contributed by atoms with Gasteiger partial charge in [0, 0.05) is 26.4 Å². The smallest absolute Gasteiger partial charge is 1.00 e. The Morgan fingerprint density at radius 2 is 1.83 bits per heavy atom. The SMILES string of the molecule is CC(=O)O.[Ca+2].[H-].[H-].[Zn]. The van der Waals surface area contributed by atoms with Crippen LogP contribution in [0.5, 0.6) is 0 Å². The van der Waals surface area contributed by atoms with Crippen molar-refractivity contribution in [3.8, 4) is 0 Å². The van der Waals surface area contributed by atoms with Gasteiger partial charge in [-0.05, 0) is 0 Å². The third-order valence-corrected chi connectivity index (χ3v) is 0. The monoisotopic (exact) mass is 166 g/mol. The van der Waals surface area contributed by atoms with E-state index in [0.717, 1.165) is 6.92 Å². The fourth-order valence-corrected chi connectivity index (χ4v) is 0. The number of carboxylic acid groups (broad SMARTS) is 1. The van der Waals surface area contributed by atoms with Crippen LogP contribution in [0.3, 0.4) is 0 Å². The van der Waals surface area contributed by atoms with Crippen LogP contribution in [-0.4, -0.2) is 48.8 Å². The second-order valence-electron chi connectivity index (χ2n) is 0.519. The zero-order chi connectivity index (χ0) is 3.58. The van der Waals surface area contributed by atoms with Crippen LogP contribution in [0.15, 0.2) is 0 Å². The molecular formula is C2H6CaO2Zn. The molecule has 0 aromatic carbocycles. The van der Waals surface area contributed by atoms with Crippen LogP contribution in [0.25, 0.3) is 0 Å². The van der Waals surface area contributed by atoms with E-state index in [2.05, 4.69) is 0 Å². The van der Waals surface area contributed by atoms with Crippen molar-refractivity contribution in [2.75, 3.05) is 0 Å². The van der Waals surface area contributed by atoms with E-state index in [1.165, 1.54) is 0 Å². The van der Waals surface area contributed by atoms with Crippen LogP contribution >= 0.6 is 0 Å². The fourth-order valence-electron chi connectivity index (χ4n) is 0. The Kier molecular flexibility index (Phi) is 25.1. The van der Waals surface area contributed by atoms with Crippen LogP contribution in [-0.2, 0) is 24.3 Å². The van der Waals surface area contributed by atoms with Gasteiger partial charge in [-0.25, -0.2) is 0 Å². The second kappa shape index (κ2) is 9.61. The van der Waals surface area contributed by atoms with Gasteiger partial charge in [0.1, 0.15) is 0 Å². The summed E-state index contributed by atoms with van der Waals surface area (Å²) >= 11 is 0. The number of hydrogen-bond acceptors (Lipinski definition) is 1. The Labute approximate surface area is 82.0 Å². The van der Waals surface area contributed by atoms with E-state index in [4.69, 9.17) is 9.90 Å². The maximum Gasteiger partial charge on any atom is 2.00 e. The predicted molar refractivity (Wildman–Crippen MR) is 21.3 cm³/mol. The van der Waals surface area contributed by atoms with Crippen molar-refractivity contribution in [2.24, 2.45) is 0 Å². The van der Waals surface area contributed by atoms with Crippen molar-refractivity contribution in [1.29, 1.82) is 0 Å². The third-order valence-electron chi connectivity index (χ3n) is 0. The summed E-state index contributed by atoms with van der Waals surface area (Å²) in [6.45, 7) is 1.08. The Morgan fingerprint density at radius 3 is 1.83 bits per heavy atom. The third kappa shape index (κ3) is 55.4. The van der Waals surface area contributed by atoms with Crippen LogP contribution in [0.2, 0.25) is 0 Å². The van der Waals surface area contributed by atoms with E-state index in [-0.39, 0.29) is 60.1 Å². The summed E-state index contributed by atoms with van der Waals surface area (Å²) in [5, 5.41) is 7.42. The van der Waals surface area contributed by atoms with Crippen molar-refractivity contribution < 1.29 is 32.2 Å². The summed E-state index contributed by atoms with van der Waals surface area (Å²) in [6.07, 6.45) is 0. The van der Waals surface area contributed by atoms with Gasteiger partial charge >= 0.3 is 37.7 Å². The van der Waals surface area contributed by atoms with Crippen LogP contribution in [0.4, 0.5) is 0 Å². The van der Waals surface area contributed by atoms with E-state index in [1.54, 1.807) is 0 Å². The van der Waals surface area contributed by atoms with Gasteiger partial charge in [0.2, 0.25) is 0 Å². The standard InChI is InChI=1S/C2H4O2.Ca.Zn.2H/c1-2(3)4;;;;/h1H3,(H,3,4);;;;/q;+2;;2*-1. The maximum atomic E-state index is 9.00. The molecule has 1 N–H and O–H groups in total. The van der Waals surface area contributed by atoms with Crippen LogP contribution in [0.1, 0.15) is 9.78 Å². The summed E-state index contributed by atoms with van der Waals surface area (Å²) < 4.78 is 0. The van der Waals surface area contributed by atoms with Crippen molar-refractivity contribution in [1.82, 2.24) is 0 Å². The molecule has 0 fully saturated rings. The number of carboxylic acids is 1. The first-order chi connectivity index (χ1) is 1.73. The van der Waals surface area contributed by atoms with Crippen molar-refractivity contribution in [3.63, 3.8) is 0 Å². The first-order valence-corrected chi connectivity index (χ1v) is 0.928. The van der Waals surface area contributed by atoms with E-state index < -0.39 is 5.97 Å². The normalized spacial score (nSPS) is 4.17. The predicted octanol–water partition coefficient (Wildman–Crippen LogP) is -0.0674. The van der Waals surface area contributed by atoms with Gasteiger partial charge in [0.25, 0.3) is 5.97 Å². The zero-order valence-corrected chi connectivity index (χ0v) is 8.95. The van der Waals surface area contributed by atoms with E-state index in [9.17, 15) is 0 Å². The average Bonchev–Trinajstić information content (AvgIpc) is 0.811. The molecule has 0 saturated heterocycles. The molecule has 0 aliphatic rings.